The van der Waals surface area contributed by atoms with E-state index in [4.69, 9.17) is 0 Å². The number of nitrogens with one attached hydrogen (secondary N) is 1. The van der Waals surface area contributed by atoms with Crippen molar-refractivity contribution in [1.29, 1.82) is 0 Å². The number of thiophene rings is 1. The largest absolute Gasteiger partial charge is 0.481 e. The zero-order valence-corrected chi connectivity index (χ0v) is 27.3. The summed E-state index contributed by atoms with van der Waals surface area (Å²) in [5.74, 6) is -7.62. The molecular weight excluding hydrogens is 610 g/mol. The molecule has 5 N–H and O–H groups in total. The summed E-state index contributed by atoms with van der Waals surface area (Å²) in [6.07, 6.45) is 11.4. The minimum atomic E-state index is -3.01. The highest BCUT2D eigenvalue weighted by molar-refractivity contribution is 7.08. The van der Waals surface area contributed by atoms with Crippen molar-refractivity contribution in [2.45, 2.75) is 108 Å². The van der Waals surface area contributed by atoms with Gasteiger partial charge in [-0.2, -0.15) is 11.3 Å². The number of carbonyl (C=O) groups excluding carboxylic acids is 2. The van der Waals surface area contributed by atoms with Crippen LogP contribution in [0.25, 0.3) is 11.1 Å². The molecule has 252 valence electrons. The van der Waals surface area contributed by atoms with Crippen molar-refractivity contribution in [2.24, 2.45) is 5.92 Å². The van der Waals surface area contributed by atoms with E-state index in [1.165, 1.54) is 12.5 Å². The maximum Gasteiger partial charge on any atom is 0.337 e. The molecule has 2 aromatic rings. The first-order chi connectivity index (χ1) is 22.0. The molecule has 2 rings (SSSR count). The Kier molecular flexibility index (Phi) is 16.9. The van der Waals surface area contributed by atoms with Gasteiger partial charge in [-0.05, 0) is 59.2 Å². The van der Waals surface area contributed by atoms with Gasteiger partial charge in [0.1, 0.15) is 11.8 Å². The third-order valence-corrected chi connectivity index (χ3v) is 8.60. The van der Waals surface area contributed by atoms with Crippen LogP contribution in [0.1, 0.15) is 96.0 Å². The lowest BCUT2D eigenvalue weighted by Gasteiger charge is -2.29. The van der Waals surface area contributed by atoms with Crippen molar-refractivity contribution >= 4 is 40.9 Å². The van der Waals surface area contributed by atoms with E-state index >= 15 is 0 Å². The number of amides is 1. The second kappa shape index (κ2) is 20.3. The van der Waals surface area contributed by atoms with Crippen LogP contribution in [0, 0.1) is 5.92 Å². The van der Waals surface area contributed by atoms with Crippen LogP contribution >= 0.6 is 11.3 Å². The van der Waals surface area contributed by atoms with Crippen LogP contribution in [0.4, 0.5) is 0 Å². The number of Topliss-reactive ketones (excluding diaryl/α,β-unsaturated/α-hetero) is 1. The summed E-state index contributed by atoms with van der Waals surface area (Å²) in [7, 11) is 0. The normalized spacial score (nSPS) is 14.0. The smallest absolute Gasteiger partial charge is 0.337 e. The van der Waals surface area contributed by atoms with Gasteiger partial charge in [0.25, 0.3) is 0 Å². The fourth-order valence-corrected chi connectivity index (χ4v) is 5.86. The van der Waals surface area contributed by atoms with E-state index in [0.29, 0.717) is 31.2 Å². The van der Waals surface area contributed by atoms with Crippen molar-refractivity contribution in [3.05, 3.63) is 58.8 Å². The predicted molar refractivity (Wildman–Crippen MR) is 177 cm³/mol. The number of aliphatic carboxylic acids is 3. The van der Waals surface area contributed by atoms with Crippen molar-refractivity contribution < 1.29 is 44.4 Å². The molecular formula is C35H47NO9S. The number of carboxylic acid groups (broad SMARTS) is 3. The molecule has 1 aromatic heterocycles. The van der Waals surface area contributed by atoms with Crippen LogP contribution in [0.3, 0.4) is 0 Å². The summed E-state index contributed by atoms with van der Waals surface area (Å²) in [5.41, 5.74) is -0.451. The van der Waals surface area contributed by atoms with Gasteiger partial charge in [-0.15, -0.1) is 0 Å². The first-order valence-corrected chi connectivity index (χ1v) is 16.9. The van der Waals surface area contributed by atoms with Gasteiger partial charge >= 0.3 is 17.9 Å². The number of carbonyl (C=O) groups is 5. The molecule has 1 heterocycles. The second-order valence-corrected chi connectivity index (χ2v) is 12.5. The third kappa shape index (κ3) is 13.3. The fourth-order valence-electron chi connectivity index (χ4n) is 5.19. The third-order valence-electron chi connectivity index (χ3n) is 7.92. The molecule has 11 heteroatoms. The van der Waals surface area contributed by atoms with Gasteiger partial charge in [-0.25, -0.2) is 9.59 Å². The van der Waals surface area contributed by atoms with Gasteiger partial charge in [-0.3, -0.25) is 14.4 Å². The molecule has 3 atom stereocenters. The fraction of sp³-hybridized carbons (Fsp3) is 0.514. The van der Waals surface area contributed by atoms with E-state index in [1.807, 2.05) is 29.0 Å². The Hall–Kier alpha value is -3.83. The number of aliphatic hydroxyl groups is 1. The molecule has 0 bridgehead atoms. The topological polar surface area (TPSA) is 178 Å². The Morgan fingerprint density at radius 3 is 2.02 bits per heavy atom. The Bertz CT molecular complexity index is 1290. The molecule has 0 spiro atoms. The van der Waals surface area contributed by atoms with Gasteiger partial charge in [0, 0.05) is 19.3 Å². The van der Waals surface area contributed by atoms with Crippen LogP contribution in [0.5, 0.6) is 0 Å². The SMILES string of the molecule is CCCCCCCC(=O)CCCCCC/C=C/[C@@H](C(=O)N[C@@H](Cc1ccc(-c2ccsc2)cc1)C(=O)O)[C@@](O)(CC(=O)O)C(=O)O. The van der Waals surface area contributed by atoms with E-state index in [-0.39, 0.29) is 12.2 Å². The standard InChI is InChI=1S/C35H47NO9S/c1-2-3-4-7-10-13-28(37)14-11-8-5-6-9-12-15-29(35(45,34(43)44)23-31(38)39)32(40)36-30(33(41)42)22-25-16-18-26(19-17-25)27-20-21-46-24-27/h12,15-21,24,29-30,45H,2-11,13-14,22-23H2,1H3,(H,36,40)(H,38,39)(H,41,42)(H,43,44)/b15-12+/t29-,30-,35-/m0/s1. The van der Waals surface area contributed by atoms with Gasteiger partial charge < -0.3 is 25.7 Å². The molecule has 0 aliphatic heterocycles. The average Bonchev–Trinajstić information content (AvgIpc) is 3.55. The van der Waals surface area contributed by atoms with Gasteiger partial charge in [0.05, 0.1) is 12.3 Å². The van der Waals surface area contributed by atoms with E-state index in [9.17, 15) is 44.4 Å². The maximum absolute atomic E-state index is 13.3. The van der Waals surface area contributed by atoms with E-state index in [0.717, 1.165) is 62.1 Å². The van der Waals surface area contributed by atoms with Crippen molar-refractivity contribution in [3.8, 4) is 11.1 Å². The molecule has 10 nitrogen and oxygen atoms in total. The molecule has 0 unspecified atom stereocenters. The van der Waals surface area contributed by atoms with Gasteiger partial charge in [0.2, 0.25) is 5.91 Å². The number of carboxylic acids is 3. The number of hydrogen-bond acceptors (Lipinski definition) is 7. The van der Waals surface area contributed by atoms with Crippen molar-refractivity contribution in [3.63, 3.8) is 0 Å². The summed E-state index contributed by atoms with van der Waals surface area (Å²) in [5, 5.41) is 46.0. The molecule has 0 saturated heterocycles. The minimum absolute atomic E-state index is 0.118. The lowest BCUT2D eigenvalue weighted by molar-refractivity contribution is -0.172. The molecule has 0 radical (unpaired) electrons. The highest BCUT2D eigenvalue weighted by Gasteiger charge is 2.49. The number of hydrogen-bond donors (Lipinski definition) is 5. The van der Waals surface area contributed by atoms with E-state index in [2.05, 4.69) is 12.2 Å². The van der Waals surface area contributed by atoms with Crippen molar-refractivity contribution in [2.75, 3.05) is 0 Å². The first kappa shape index (κ1) is 38.4. The van der Waals surface area contributed by atoms with Crippen LogP contribution in [0.2, 0.25) is 0 Å². The Morgan fingerprint density at radius 2 is 1.48 bits per heavy atom. The molecule has 0 saturated carbocycles. The van der Waals surface area contributed by atoms with Gasteiger partial charge in [0.15, 0.2) is 5.60 Å². The molecule has 0 fully saturated rings. The van der Waals surface area contributed by atoms with E-state index in [1.54, 1.807) is 23.5 Å². The molecule has 0 aliphatic carbocycles. The number of unbranched alkanes of at least 4 members (excludes halogenated alkanes) is 8. The summed E-state index contributed by atoms with van der Waals surface area (Å²) in [4.78, 5) is 60.9. The Labute approximate surface area is 274 Å². The highest BCUT2D eigenvalue weighted by atomic mass is 32.1. The van der Waals surface area contributed by atoms with E-state index < -0.39 is 47.8 Å². The van der Waals surface area contributed by atoms with Crippen molar-refractivity contribution in [1.82, 2.24) is 5.32 Å². The molecule has 1 amide bonds. The summed E-state index contributed by atoms with van der Waals surface area (Å²) in [6, 6.07) is 7.61. The van der Waals surface area contributed by atoms with Crippen LogP contribution < -0.4 is 5.32 Å². The summed E-state index contributed by atoms with van der Waals surface area (Å²) >= 11 is 1.54. The highest BCUT2D eigenvalue weighted by Crippen LogP contribution is 2.26. The minimum Gasteiger partial charge on any atom is -0.481 e. The maximum atomic E-state index is 13.3. The first-order valence-electron chi connectivity index (χ1n) is 16.0. The Morgan fingerprint density at radius 1 is 0.848 bits per heavy atom. The van der Waals surface area contributed by atoms with Crippen LogP contribution in [0.15, 0.2) is 53.2 Å². The predicted octanol–water partition coefficient (Wildman–Crippen LogP) is 6.26. The van der Waals surface area contributed by atoms with Crippen LogP contribution in [-0.2, 0) is 30.4 Å². The lowest BCUT2D eigenvalue weighted by atomic mass is 9.82. The number of ketones is 1. The quantitative estimate of drug-likeness (QED) is 0.0644. The summed E-state index contributed by atoms with van der Waals surface area (Å²) in [6.45, 7) is 2.15. The number of rotatable bonds is 24. The zero-order chi connectivity index (χ0) is 34.0. The Balaban J connectivity index is 1.99. The van der Waals surface area contributed by atoms with Crippen LogP contribution in [-0.4, -0.2) is 61.7 Å². The molecule has 1 aromatic carbocycles. The lowest BCUT2D eigenvalue weighted by Crippen LogP contribution is -2.55. The molecule has 46 heavy (non-hydrogen) atoms. The van der Waals surface area contributed by atoms with Gasteiger partial charge in [-0.1, -0.05) is 81.9 Å². The molecule has 0 aliphatic rings. The number of benzene rings is 1. The average molecular weight is 658 g/mol. The number of allylic oxidation sites excluding steroid dienone is 1. The second-order valence-electron chi connectivity index (χ2n) is 11.7. The monoisotopic (exact) mass is 657 g/mol. The summed E-state index contributed by atoms with van der Waals surface area (Å²) < 4.78 is 0. The zero-order valence-electron chi connectivity index (χ0n) is 26.5.